The number of hydrogen-bond acceptors (Lipinski definition) is 5. The lowest BCUT2D eigenvalue weighted by Gasteiger charge is -2.16. The highest BCUT2D eigenvalue weighted by molar-refractivity contribution is 5.88. The summed E-state index contributed by atoms with van der Waals surface area (Å²) in [5.41, 5.74) is 1.36. The molecule has 19 heavy (non-hydrogen) atoms. The fourth-order valence-corrected chi connectivity index (χ4v) is 1.81. The number of rotatable bonds is 8. The average molecular weight is 266 g/mol. The van der Waals surface area contributed by atoms with Crippen LogP contribution in [0.3, 0.4) is 0 Å². The third-order valence-electron chi connectivity index (χ3n) is 2.82. The monoisotopic (exact) mass is 266 g/mol. The molecule has 0 aliphatic carbocycles. The van der Waals surface area contributed by atoms with Crippen LogP contribution in [-0.4, -0.2) is 37.8 Å². The van der Waals surface area contributed by atoms with Crippen LogP contribution in [0.5, 0.6) is 0 Å². The maximum absolute atomic E-state index is 11.3. The second-order valence-corrected chi connectivity index (χ2v) is 4.35. The zero-order valence-corrected chi connectivity index (χ0v) is 11.8. The summed E-state index contributed by atoms with van der Waals surface area (Å²) in [4.78, 5) is 15.5. The largest absolute Gasteiger partial charge is 0.465 e. The van der Waals surface area contributed by atoms with Gasteiger partial charge in [0.05, 0.1) is 25.0 Å². The molecule has 0 saturated carbocycles. The van der Waals surface area contributed by atoms with Gasteiger partial charge in [0.15, 0.2) is 0 Å². The van der Waals surface area contributed by atoms with E-state index in [1.54, 1.807) is 13.2 Å². The van der Waals surface area contributed by atoms with Crippen molar-refractivity contribution >= 4 is 5.97 Å². The Morgan fingerprint density at radius 3 is 2.74 bits per heavy atom. The molecule has 0 amide bonds. The SMILES string of the molecule is CCCC(COC)NCc1ccc(C(=O)OC)cn1. The maximum atomic E-state index is 11.3. The number of aromatic nitrogens is 1. The summed E-state index contributed by atoms with van der Waals surface area (Å²) in [6.07, 6.45) is 3.71. The Bertz CT molecular complexity index is 373. The minimum Gasteiger partial charge on any atom is -0.465 e. The van der Waals surface area contributed by atoms with Crippen molar-refractivity contribution in [1.29, 1.82) is 0 Å². The Morgan fingerprint density at radius 1 is 1.42 bits per heavy atom. The number of methoxy groups -OCH3 is 2. The van der Waals surface area contributed by atoms with Crippen LogP contribution in [0.15, 0.2) is 18.3 Å². The van der Waals surface area contributed by atoms with E-state index in [9.17, 15) is 4.79 Å². The first-order chi connectivity index (χ1) is 9.21. The third-order valence-corrected chi connectivity index (χ3v) is 2.82. The van der Waals surface area contributed by atoms with E-state index >= 15 is 0 Å². The molecule has 0 radical (unpaired) electrons. The number of nitrogens with zero attached hydrogens (tertiary/aromatic N) is 1. The van der Waals surface area contributed by atoms with Gasteiger partial charge in [-0.15, -0.1) is 0 Å². The van der Waals surface area contributed by atoms with Gasteiger partial charge in [0.2, 0.25) is 0 Å². The van der Waals surface area contributed by atoms with E-state index in [1.807, 2.05) is 6.07 Å². The summed E-state index contributed by atoms with van der Waals surface area (Å²) < 4.78 is 9.79. The number of hydrogen-bond donors (Lipinski definition) is 1. The second-order valence-electron chi connectivity index (χ2n) is 4.35. The van der Waals surface area contributed by atoms with Crippen molar-refractivity contribution in [2.24, 2.45) is 0 Å². The van der Waals surface area contributed by atoms with Gasteiger partial charge in [0, 0.05) is 25.9 Å². The van der Waals surface area contributed by atoms with Crippen LogP contribution in [0, 0.1) is 0 Å². The van der Waals surface area contributed by atoms with E-state index in [0.717, 1.165) is 18.5 Å². The van der Waals surface area contributed by atoms with Crippen LogP contribution >= 0.6 is 0 Å². The molecule has 0 fully saturated rings. The van der Waals surface area contributed by atoms with Crippen LogP contribution in [-0.2, 0) is 16.0 Å². The summed E-state index contributed by atoms with van der Waals surface area (Å²) in [5, 5.41) is 3.40. The fraction of sp³-hybridized carbons (Fsp3) is 0.571. The third kappa shape index (κ3) is 5.36. The highest BCUT2D eigenvalue weighted by Crippen LogP contribution is 2.03. The lowest BCUT2D eigenvalue weighted by atomic mass is 10.1. The Morgan fingerprint density at radius 2 is 2.21 bits per heavy atom. The average Bonchev–Trinajstić information content (AvgIpc) is 2.45. The molecule has 0 aliphatic rings. The number of ether oxygens (including phenoxy) is 2. The molecule has 1 rings (SSSR count). The van der Waals surface area contributed by atoms with Crippen LogP contribution in [0.4, 0.5) is 0 Å². The molecular weight excluding hydrogens is 244 g/mol. The fourth-order valence-electron chi connectivity index (χ4n) is 1.81. The zero-order chi connectivity index (χ0) is 14.1. The van der Waals surface area contributed by atoms with Crippen molar-refractivity contribution in [3.05, 3.63) is 29.6 Å². The highest BCUT2D eigenvalue weighted by Gasteiger charge is 2.08. The zero-order valence-electron chi connectivity index (χ0n) is 11.8. The number of carbonyl (C=O) groups excluding carboxylic acids is 1. The molecule has 1 aromatic heterocycles. The summed E-state index contributed by atoms with van der Waals surface area (Å²) >= 11 is 0. The van der Waals surface area contributed by atoms with Gasteiger partial charge in [-0.2, -0.15) is 0 Å². The molecule has 0 aliphatic heterocycles. The van der Waals surface area contributed by atoms with Gasteiger partial charge in [0.1, 0.15) is 0 Å². The molecule has 0 saturated heterocycles. The van der Waals surface area contributed by atoms with E-state index in [-0.39, 0.29) is 5.97 Å². The molecule has 0 spiro atoms. The molecular formula is C14H22N2O3. The van der Waals surface area contributed by atoms with Crippen molar-refractivity contribution < 1.29 is 14.3 Å². The van der Waals surface area contributed by atoms with E-state index in [0.29, 0.717) is 24.8 Å². The van der Waals surface area contributed by atoms with Crippen molar-refractivity contribution in [1.82, 2.24) is 10.3 Å². The molecule has 0 bridgehead atoms. The minimum absolute atomic E-state index is 0.331. The predicted molar refractivity (Wildman–Crippen MR) is 73.0 cm³/mol. The van der Waals surface area contributed by atoms with Gasteiger partial charge in [-0.3, -0.25) is 4.98 Å². The van der Waals surface area contributed by atoms with Gasteiger partial charge in [-0.25, -0.2) is 4.79 Å². The summed E-state index contributed by atoms with van der Waals surface area (Å²) in [5.74, 6) is -0.366. The van der Waals surface area contributed by atoms with E-state index in [2.05, 4.69) is 22.0 Å². The van der Waals surface area contributed by atoms with Gasteiger partial charge >= 0.3 is 5.97 Å². The highest BCUT2D eigenvalue weighted by atomic mass is 16.5. The predicted octanol–water partition coefficient (Wildman–Crippen LogP) is 1.77. The first kappa shape index (κ1) is 15.6. The topological polar surface area (TPSA) is 60.5 Å². The second kappa shape index (κ2) is 8.61. The lowest BCUT2D eigenvalue weighted by molar-refractivity contribution is 0.0600. The van der Waals surface area contributed by atoms with Crippen LogP contribution in [0.2, 0.25) is 0 Å². The first-order valence-corrected chi connectivity index (χ1v) is 6.46. The van der Waals surface area contributed by atoms with Crippen molar-refractivity contribution in [3.63, 3.8) is 0 Å². The summed E-state index contributed by atoms with van der Waals surface area (Å²) in [6.45, 7) is 3.50. The molecule has 5 heteroatoms. The minimum atomic E-state index is -0.366. The number of pyridine rings is 1. The van der Waals surface area contributed by atoms with E-state index in [4.69, 9.17) is 4.74 Å². The lowest BCUT2D eigenvalue weighted by Crippen LogP contribution is -2.32. The van der Waals surface area contributed by atoms with Gasteiger partial charge in [-0.05, 0) is 18.6 Å². The normalized spacial score (nSPS) is 12.2. The molecule has 1 heterocycles. The van der Waals surface area contributed by atoms with E-state index < -0.39 is 0 Å². The molecule has 1 atom stereocenters. The number of esters is 1. The Kier molecular flexibility index (Phi) is 7.07. The Labute approximate surface area is 114 Å². The summed E-state index contributed by atoms with van der Waals surface area (Å²) in [6, 6.07) is 3.88. The van der Waals surface area contributed by atoms with Crippen molar-refractivity contribution in [2.75, 3.05) is 20.8 Å². The number of nitrogens with one attached hydrogen (secondary N) is 1. The quantitative estimate of drug-likeness (QED) is 0.727. The standard InChI is InChI=1S/C14H22N2O3/c1-4-5-13(10-18-2)16-9-12-7-6-11(8-15-12)14(17)19-3/h6-8,13,16H,4-5,9-10H2,1-3H3. The van der Waals surface area contributed by atoms with Crippen molar-refractivity contribution in [2.45, 2.75) is 32.4 Å². The Hall–Kier alpha value is -1.46. The smallest absolute Gasteiger partial charge is 0.339 e. The molecule has 0 aromatic carbocycles. The van der Waals surface area contributed by atoms with Crippen LogP contribution in [0.1, 0.15) is 35.8 Å². The molecule has 106 valence electrons. The molecule has 1 unspecified atom stereocenters. The summed E-state index contributed by atoms with van der Waals surface area (Å²) in [7, 11) is 3.06. The van der Waals surface area contributed by atoms with Gasteiger partial charge in [-0.1, -0.05) is 13.3 Å². The van der Waals surface area contributed by atoms with Crippen LogP contribution < -0.4 is 5.32 Å². The van der Waals surface area contributed by atoms with Crippen molar-refractivity contribution in [3.8, 4) is 0 Å². The molecule has 5 nitrogen and oxygen atoms in total. The van der Waals surface area contributed by atoms with E-state index in [1.165, 1.54) is 13.3 Å². The Balaban J connectivity index is 2.50. The van der Waals surface area contributed by atoms with Gasteiger partial charge in [0.25, 0.3) is 0 Å². The maximum Gasteiger partial charge on any atom is 0.339 e. The molecule has 1 N–H and O–H groups in total. The molecule has 1 aromatic rings. The van der Waals surface area contributed by atoms with Crippen LogP contribution in [0.25, 0.3) is 0 Å². The first-order valence-electron chi connectivity index (χ1n) is 6.46. The van der Waals surface area contributed by atoms with Gasteiger partial charge < -0.3 is 14.8 Å². The number of carbonyl (C=O) groups is 1.